The number of carbonyl (C=O) groups excluding carboxylic acids is 3. The number of carbonyl (C=O) groups is 4. The van der Waals surface area contributed by atoms with Crippen LogP contribution < -0.4 is 21.7 Å². The van der Waals surface area contributed by atoms with Gasteiger partial charge in [-0.05, 0) is 49.3 Å². The molecule has 1 aromatic heterocycles. The van der Waals surface area contributed by atoms with Crippen molar-refractivity contribution in [2.45, 2.75) is 64.2 Å². The standard InChI is InChI=1S/C25H37N5O5S/c1-14(2)11-18(26)22(31)29-20(9-10-36-4)23(32)30-21(24(33)28-15(3)25(34)35)12-16-13-27-19-8-6-5-7-17(16)19/h5-8,13-15,18,20-21,27H,9-12,26H2,1-4H3,(H,28,33)(H,29,31)(H,30,32)(H,34,35). The van der Waals surface area contributed by atoms with E-state index >= 15 is 0 Å². The van der Waals surface area contributed by atoms with Gasteiger partial charge in [0.15, 0.2) is 0 Å². The number of rotatable bonds is 14. The average molecular weight is 520 g/mol. The largest absolute Gasteiger partial charge is 0.480 e. The molecule has 0 spiro atoms. The van der Waals surface area contributed by atoms with Gasteiger partial charge in [0.25, 0.3) is 0 Å². The summed E-state index contributed by atoms with van der Waals surface area (Å²) in [7, 11) is 0. The average Bonchev–Trinajstić information content (AvgIpc) is 3.23. The summed E-state index contributed by atoms with van der Waals surface area (Å²) in [5, 5.41) is 18.0. The van der Waals surface area contributed by atoms with Crippen molar-refractivity contribution < 1.29 is 24.3 Å². The molecule has 0 aliphatic heterocycles. The summed E-state index contributed by atoms with van der Waals surface area (Å²) >= 11 is 1.52. The van der Waals surface area contributed by atoms with Gasteiger partial charge in [0.05, 0.1) is 6.04 Å². The first-order chi connectivity index (χ1) is 17.0. The zero-order valence-electron chi connectivity index (χ0n) is 21.2. The maximum absolute atomic E-state index is 13.3. The summed E-state index contributed by atoms with van der Waals surface area (Å²) in [6.07, 6.45) is 4.60. The Hall–Kier alpha value is -3.05. The number of hydrogen-bond acceptors (Lipinski definition) is 6. The van der Waals surface area contributed by atoms with Gasteiger partial charge in [0.1, 0.15) is 18.1 Å². The second kappa shape index (κ2) is 13.9. The smallest absolute Gasteiger partial charge is 0.325 e. The molecule has 2 rings (SSSR count). The fourth-order valence-corrected chi connectivity index (χ4v) is 4.25. The van der Waals surface area contributed by atoms with Gasteiger partial charge >= 0.3 is 5.97 Å². The molecule has 36 heavy (non-hydrogen) atoms. The number of thioether (sulfide) groups is 1. The molecule has 10 nitrogen and oxygen atoms in total. The quantitative estimate of drug-likeness (QED) is 0.219. The van der Waals surface area contributed by atoms with Crippen LogP contribution in [0.25, 0.3) is 10.9 Å². The first-order valence-corrected chi connectivity index (χ1v) is 13.4. The van der Waals surface area contributed by atoms with Gasteiger partial charge in [-0.15, -0.1) is 0 Å². The van der Waals surface area contributed by atoms with Crippen LogP contribution in [0.1, 0.15) is 39.2 Å². The summed E-state index contributed by atoms with van der Waals surface area (Å²) in [6, 6.07) is 3.70. The molecule has 2 aromatic rings. The highest BCUT2D eigenvalue weighted by Gasteiger charge is 2.30. The number of fused-ring (bicyclic) bond motifs is 1. The molecule has 4 unspecified atom stereocenters. The molecular formula is C25H37N5O5S. The first kappa shape index (κ1) is 29.2. The second-order valence-electron chi connectivity index (χ2n) is 9.27. The minimum atomic E-state index is -1.19. The Morgan fingerprint density at radius 1 is 1.00 bits per heavy atom. The lowest BCUT2D eigenvalue weighted by Gasteiger charge is -2.25. The van der Waals surface area contributed by atoms with Gasteiger partial charge in [-0.2, -0.15) is 11.8 Å². The van der Waals surface area contributed by atoms with E-state index in [4.69, 9.17) is 5.73 Å². The Labute approximate surface area is 215 Å². The lowest BCUT2D eigenvalue weighted by Crippen LogP contribution is -2.57. The van der Waals surface area contributed by atoms with Gasteiger partial charge in [-0.3, -0.25) is 19.2 Å². The Morgan fingerprint density at radius 2 is 1.64 bits per heavy atom. The zero-order valence-corrected chi connectivity index (χ0v) is 22.0. The number of para-hydroxylation sites is 1. The van der Waals surface area contributed by atoms with E-state index in [-0.39, 0.29) is 12.3 Å². The summed E-state index contributed by atoms with van der Waals surface area (Å²) < 4.78 is 0. The van der Waals surface area contributed by atoms with E-state index in [9.17, 15) is 24.3 Å². The summed E-state index contributed by atoms with van der Waals surface area (Å²) in [5.74, 6) is -1.96. The molecule has 0 saturated heterocycles. The molecule has 0 aliphatic rings. The Balaban J connectivity index is 2.25. The van der Waals surface area contributed by atoms with Crippen LogP contribution in [0.2, 0.25) is 0 Å². The van der Waals surface area contributed by atoms with Gasteiger partial charge < -0.3 is 31.8 Å². The van der Waals surface area contributed by atoms with Crippen molar-refractivity contribution in [1.29, 1.82) is 0 Å². The molecule has 0 radical (unpaired) electrons. The first-order valence-electron chi connectivity index (χ1n) is 12.0. The van der Waals surface area contributed by atoms with E-state index in [0.29, 0.717) is 18.6 Å². The predicted molar refractivity (Wildman–Crippen MR) is 142 cm³/mol. The minimum Gasteiger partial charge on any atom is -0.480 e. The minimum absolute atomic E-state index is 0.129. The second-order valence-corrected chi connectivity index (χ2v) is 10.3. The number of aromatic amines is 1. The van der Waals surface area contributed by atoms with Crippen molar-refractivity contribution >= 4 is 46.4 Å². The number of nitrogens with one attached hydrogen (secondary N) is 4. The van der Waals surface area contributed by atoms with Crippen LogP contribution in [0.4, 0.5) is 0 Å². The lowest BCUT2D eigenvalue weighted by molar-refractivity contribution is -0.141. The van der Waals surface area contributed by atoms with Crippen LogP contribution in [0.5, 0.6) is 0 Å². The molecule has 1 heterocycles. The van der Waals surface area contributed by atoms with Crippen molar-refractivity contribution in [2.24, 2.45) is 11.7 Å². The van der Waals surface area contributed by atoms with E-state index in [1.54, 1.807) is 6.20 Å². The van der Waals surface area contributed by atoms with E-state index < -0.39 is 47.9 Å². The highest BCUT2D eigenvalue weighted by atomic mass is 32.2. The van der Waals surface area contributed by atoms with Crippen molar-refractivity contribution in [3.8, 4) is 0 Å². The van der Waals surface area contributed by atoms with Crippen LogP contribution in [0.3, 0.4) is 0 Å². The number of hydrogen-bond donors (Lipinski definition) is 6. The van der Waals surface area contributed by atoms with Crippen molar-refractivity contribution in [2.75, 3.05) is 12.0 Å². The number of amides is 3. The molecular weight excluding hydrogens is 482 g/mol. The van der Waals surface area contributed by atoms with E-state index in [0.717, 1.165) is 16.5 Å². The number of H-pyrrole nitrogens is 1. The van der Waals surface area contributed by atoms with Crippen LogP contribution in [-0.2, 0) is 25.6 Å². The summed E-state index contributed by atoms with van der Waals surface area (Å²) in [4.78, 5) is 53.4. The SMILES string of the molecule is CSCCC(NC(=O)C(N)CC(C)C)C(=O)NC(Cc1c[nH]c2ccccc12)C(=O)NC(C)C(=O)O. The van der Waals surface area contributed by atoms with E-state index in [2.05, 4.69) is 20.9 Å². The molecule has 0 fully saturated rings. The molecule has 0 saturated carbocycles. The monoisotopic (exact) mass is 519 g/mol. The fraction of sp³-hybridized carbons (Fsp3) is 0.520. The Morgan fingerprint density at radius 3 is 2.28 bits per heavy atom. The predicted octanol–water partition coefficient (Wildman–Crippen LogP) is 1.40. The number of carboxylic acid groups (broad SMARTS) is 1. The lowest BCUT2D eigenvalue weighted by atomic mass is 10.0. The highest BCUT2D eigenvalue weighted by Crippen LogP contribution is 2.19. The Bertz CT molecular complexity index is 1060. The fourth-order valence-electron chi connectivity index (χ4n) is 3.78. The maximum atomic E-state index is 13.3. The van der Waals surface area contributed by atoms with Crippen molar-refractivity contribution in [1.82, 2.24) is 20.9 Å². The van der Waals surface area contributed by atoms with Gasteiger partial charge in [-0.1, -0.05) is 32.0 Å². The number of nitrogens with two attached hydrogens (primary N) is 1. The molecule has 0 aliphatic carbocycles. The van der Waals surface area contributed by atoms with Gasteiger partial charge in [0, 0.05) is 23.5 Å². The molecule has 11 heteroatoms. The maximum Gasteiger partial charge on any atom is 0.325 e. The van der Waals surface area contributed by atoms with E-state index in [1.807, 2.05) is 44.4 Å². The van der Waals surface area contributed by atoms with E-state index in [1.165, 1.54) is 18.7 Å². The number of carboxylic acids is 1. The summed E-state index contributed by atoms with van der Waals surface area (Å²) in [6.45, 7) is 5.26. The van der Waals surface area contributed by atoms with Crippen molar-refractivity contribution in [3.63, 3.8) is 0 Å². The molecule has 7 N–H and O–H groups in total. The molecule has 3 amide bonds. The third-order valence-corrected chi connectivity index (χ3v) is 6.41. The number of aromatic nitrogens is 1. The third-order valence-electron chi connectivity index (χ3n) is 5.77. The van der Waals surface area contributed by atoms with Crippen molar-refractivity contribution in [3.05, 3.63) is 36.0 Å². The van der Waals surface area contributed by atoms with Gasteiger partial charge in [0.2, 0.25) is 17.7 Å². The highest BCUT2D eigenvalue weighted by molar-refractivity contribution is 7.98. The normalized spacial score (nSPS) is 14.6. The molecule has 0 bridgehead atoms. The Kier molecular flexibility index (Phi) is 11.3. The van der Waals surface area contributed by atoms with Crippen LogP contribution in [0, 0.1) is 5.92 Å². The molecule has 1 aromatic carbocycles. The molecule has 4 atom stereocenters. The van der Waals surface area contributed by atoms with Gasteiger partial charge in [-0.25, -0.2) is 0 Å². The zero-order chi connectivity index (χ0) is 26.8. The molecule has 198 valence electrons. The third kappa shape index (κ3) is 8.56. The summed E-state index contributed by atoms with van der Waals surface area (Å²) in [5.41, 5.74) is 7.66. The number of benzene rings is 1. The van der Waals surface area contributed by atoms with Crippen LogP contribution >= 0.6 is 11.8 Å². The topological polar surface area (TPSA) is 166 Å². The number of aliphatic carboxylic acids is 1. The van der Waals surface area contributed by atoms with Crippen LogP contribution in [-0.4, -0.2) is 70.0 Å². The van der Waals surface area contributed by atoms with Crippen LogP contribution in [0.15, 0.2) is 30.5 Å².